The third-order valence-corrected chi connectivity index (χ3v) is 16.2. The van der Waals surface area contributed by atoms with Gasteiger partial charge in [-0.05, 0) is 73.8 Å². The maximum Gasteiger partial charge on any atom is 0.246 e. The fraction of sp³-hybridized carbons (Fsp3) is 0.581. The van der Waals surface area contributed by atoms with E-state index in [9.17, 15) is 68.1 Å². The number of nitrogens with zero attached hydrogens (tertiary/aromatic N) is 2. The summed E-state index contributed by atoms with van der Waals surface area (Å²) in [6, 6.07) is 5.64. The van der Waals surface area contributed by atoms with Gasteiger partial charge in [-0.2, -0.15) is 0 Å². The number of para-hydroxylation sites is 1. The van der Waals surface area contributed by atoms with Gasteiger partial charge in [-0.3, -0.25) is 57.7 Å². The van der Waals surface area contributed by atoms with Gasteiger partial charge in [0.15, 0.2) is 23.3 Å². The molecule has 1 saturated carbocycles. The molecule has 0 spiro atoms. The molecule has 1 aliphatic carbocycles. The molecule has 16 N–H and O–H groups in total. The zero-order chi connectivity index (χ0) is 64.8. The number of aromatic nitrogens is 1. The number of guanidine groups is 1. The number of ketones is 3. The number of hydrogen-bond acceptors (Lipinski definition) is 15. The smallest absolute Gasteiger partial charge is 0.246 e. The summed E-state index contributed by atoms with van der Waals surface area (Å²) in [6.07, 6.45) is 1.26. The lowest BCUT2D eigenvalue weighted by atomic mass is 9.83. The van der Waals surface area contributed by atoms with Crippen LogP contribution < -0.4 is 49.1 Å². The van der Waals surface area contributed by atoms with Crippen molar-refractivity contribution in [3.05, 3.63) is 65.9 Å². The Bertz CT molecular complexity index is 2960. The van der Waals surface area contributed by atoms with Crippen LogP contribution >= 0.6 is 0 Å². The topological polar surface area (TPSA) is 430 Å². The van der Waals surface area contributed by atoms with Gasteiger partial charge in [-0.15, -0.1) is 0 Å². The van der Waals surface area contributed by atoms with E-state index in [1.165, 1.54) is 33.0 Å². The number of β-amino-alcohol motifs (C(OH)–C–C–N with tert-alkyl or cyclic N) is 1. The summed E-state index contributed by atoms with van der Waals surface area (Å²) in [5, 5.41) is 48.6. The first-order valence-electron chi connectivity index (χ1n) is 30.3. The number of Topliss-reactive ketones (excluding diaryl/α,β-unsaturated/α-hetero) is 3. The van der Waals surface area contributed by atoms with Crippen LogP contribution in [-0.2, 0) is 65.6 Å². The molecule has 482 valence electrons. The second kappa shape index (κ2) is 34.3. The number of aliphatic hydroxyl groups is 2. The van der Waals surface area contributed by atoms with Crippen molar-refractivity contribution in [2.75, 3.05) is 20.1 Å². The van der Waals surface area contributed by atoms with Crippen LogP contribution in [0.1, 0.15) is 135 Å². The van der Waals surface area contributed by atoms with Crippen molar-refractivity contribution in [3.63, 3.8) is 0 Å². The van der Waals surface area contributed by atoms with Crippen molar-refractivity contribution in [2.24, 2.45) is 45.9 Å². The first-order chi connectivity index (χ1) is 41.7. The second-order valence-corrected chi connectivity index (χ2v) is 23.9. The van der Waals surface area contributed by atoms with E-state index in [2.05, 4.69) is 41.9 Å². The van der Waals surface area contributed by atoms with Crippen molar-refractivity contribution >= 4 is 81.5 Å². The molecule has 0 unspecified atom stereocenters. The third-order valence-electron chi connectivity index (χ3n) is 16.2. The van der Waals surface area contributed by atoms with E-state index in [4.69, 9.17) is 17.2 Å². The van der Waals surface area contributed by atoms with E-state index in [-0.39, 0.29) is 81.5 Å². The maximum absolute atomic E-state index is 14.3. The Labute approximate surface area is 512 Å². The van der Waals surface area contributed by atoms with E-state index < -0.39 is 144 Å². The summed E-state index contributed by atoms with van der Waals surface area (Å²) in [5.74, 6) is -10.6. The van der Waals surface area contributed by atoms with Crippen LogP contribution in [-0.4, -0.2) is 164 Å². The molecular weight excluding hydrogens is 1140 g/mol. The summed E-state index contributed by atoms with van der Waals surface area (Å²) in [7, 11) is 1.51. The van der Waals surface area contributed by atoms with Crippen molar-refractivity contribution in [3.8, 4) is 5.75 Å². The molecule has 2 fully saturated rings. The van der Waals surface area contributed by atoms with Gasteiger partial charge in [0.25, 0.3) is 0 Å². The van der Waals surface area contributed by atoms with Gasteiger partial charge in [0.1, 0.15) is 23.9 Å². The number of benzene rings is 2. The van der Waals surface area contributed by atoms with Gasteiger partial charge in [0.05, 0.1) is 42.7 Å². The third kappa shape index (κ3) is 22.2. The van der Waals surface area contributed by atoms with E-state index >= 15 is 0 Å². The van der Waals surface area contributed by atoms with E-state index in [1.54, 1.807) is 18.3 Å². The quantitative estimate of drug-likeness (QED) is 0.0218. The number of hydrogen-bond donors (Lipinski definition) is 13. The number of H-pyrrole nitrogens is 1. The zero-order valence-corrected chi connectivity index (χ0v) is 51.0. The normalized spacial score (nSPS) is 18.1. The molecule has 26 nitrogen and oxygen atoms in total. The van der Waals surface area contributed by atoms with Crippen LogP contribution in [0.2, 0.25) is 0 Å². The number of likely N-dealkylation sites (tertiary alicyclic amines) is 1. The minimum Gasteiger partial charge on any atom is -0.508 e. The second-order valence-electron chi connectivity index (χ2n) is 23.9. The summed E-state index contributed by atoms with van der Waals surface area (Å²) in [4.78, 5) is 159. The van der Waals surface area contributed by atoms with Gasteiger partial charge in [0.2, 0.25) is 47.3 Å². The molecule has 8 amide bonds. The van der Waals surface area contributed by atoms with E-state index in [0.29, 0.717) is 18.5 Å². The highest BCUT2D eigenvalue weighted by molar-refractivity contribution is 6.00. The monoisotopic (exact) mass is 1230 g/mol. The number of carbonyl (C=O) groups excluding carboxylic acids is 11. The SMILES string of the molecule is CN=C(N)NCCC[C@H](CC(=O)[C@H](CC(C)C)NC(=O)CCC(=O)[C@H](CC1CCCCC1)NC(=O)[C@@H](CC(=O)[C@H](CC(N)=O)NC(=O)[C@@H]1C[C@@H](O)CN1C(=O)[C@@H](Cc1ccc(O)cc1)NC(C)=O)[C@@H](C)O)C(=O)N[C@@H](Cc1c[nH]c2ccccc12)C(N)=O. The number of phenolic OH excluding ortho intramolecular Hbond substituents is 1. The van der Waals surface area contributed by atoms with Crippen LogP contribution in [0.4, 0.5) is 0 Å². The standard InChI is InChI=1S/C62H90N12O14/c1-34(2)24-46(53(80)28-39(14-11-23-67-62(65)66-5)58(85)73-49(57(64)84)27-40-32-68-45-16-10-9-15-43(40)45)70-56(83)22-21-52(79)47(25-37-12-7-6-8-13-37)71-59(86)44(35(3)75)30-54(81)48(31-55(63)82)72-60(87)51-29-42(78)33-74(51)61(88)50(69-36(4)76)26-38-17-19-41(77)20-18-38/h9-10,15-20,32,34-35,37,39,42,44,46-51,68,75,77-78H,6-8,11-14,21-31,33H2,1-5H3,(H2,63,82)(H2,64,84)(H,69,76)(H,70,83)(H,71,86)(H,72,87)(H,73,85)(H3,65,66,67)/t35-,39-,42-,44+,46+,47+,48+,49+,50-,51+/m1/s1. The molecule has 88 heavy (non-hydrogen) atoms. The van der Waals surface area contributed by atoms with Gasteiger partial charge in [0, 0.05) is 95.0 Å². The molecule has 10 atom stereocenters. The molecule has 1 saturated heterocycles. The Balaban J connectivity index is 1.27. The maximum atomic E-state index is 14.3. The van der Waals surface area contributed by atoms with Gasteiger partial charge in [-0.25, -0.2) is 0 Å². The average molecular weight is 1230 g/mol. The fourth-order valence-electron chi connectivity index (χ4n) is 11.5. The van der Waals surface area contributed by atoms with Crippen LogP contribution in [0, 0.1) is 23.7 Å². The summed E-state index contributed by atoms with van der Waals surface area (Å²) >= 11 is 0. The van der Waals surface area contributed by atoms with Crippen molar-refractivity contribution < 1.29 is 68.1 Å². The Morgan fingerprint density at radius 1 is 0.739 bits per heavy atom. The number of carbonyl (C=O) groups is 11. The molecule has 5 rings (SSSR count). The van der Waals surface area contributed by atoms with E-state index in [0.717, 1.165) is 53.5 Å². The molecule has 2 heterocycles. The fourth-order valence-corrected chi connectivity index (χ4v) is 11.5. The van der Waals surface area contributed by atoms with Crippen LogP contribution in [0.15, 0.2) is 59.7 Å². The van der Waals surface area contributed by atoms with Gasteiger partial charge < -0.3 is 74.3 Å². The highest BCUT2D eigenvalue weighted by atomic mass is 16.3. The molecule has 2 aliphatic rings. The number of aliphatic imine (C=N–C) groups is 1. The number of aromatic amines is 1. The Hall–Kier alpha value is -8.26. The lowest BCUT2D eigenvalue weighted by Gasteiger charge is -2.30. The predicted molar refractivity (Wildman–Crippen MR) is 326 cm³/mol. The number of phenols is 1. The van der Waals surface area contributed by atoms with Crippen molar-refractivity contribution in [1.82, 2.24) is 41.8 Å². The number of rotatable bonds is 35. The summed E-state index contributed by atoms with van der Waals surface area (Å²) in [5.41, 5.74) is 19.3. The lowest BCUT2D eigenvalue weighted by Crippen LogP contribution is -2.56. The van der Waals surface area contributed by atoms with Crippen LogP contribution in [0.25, 0.3) is 10.9 Å². The molecule has 0 radical (unpaired) electrons. The number of primary amides is 2. The van der Waals surface area contributed by atoms with Crippen molar-refractivity contribution in [1.29, 1.82) is 0 Å². The molecule has 3 aromatic rings. The first kappa shape index (κ1) is 70.5. The molecule has 0 bridgehead atoms. The Morgan fingerprint density at radius 2 is 1.41 bits per heavy atom. The highest BCUT2D eigenvalue weighted by Gasteiger charge is 2.43. The largest absolute Gasteiger partial charge is 0.508 e. The molecule has 2 aromatic carbocycles. The Morgan fingerprint density at radius 3 is 2.05 bits per heavy atom. The van der Waals surface area contributed by atoms with Crippen LogP contribution in [0.3, 0.4) is 0 Å². The molecule has 1 aromatic heterocycles. The van der Waals surface area contributed by atoms with Crippen LogP contribution in [0.5, 0.6) is 5.75 Å². The highest BCUT2D eigenvalue weighted by Crippen LogP contribution is 2.29. The number of nitrogens with two attached hydrogens (primary N) is 3. The Kier molecular flexibility index (Phi) is 27.5. The molecule has 26 heteroatoms. The molecule has 1 aliphatic heterocycles. The summed E-state index contributed by atoms with van der Waals surface area (Å²) in [6.45, 7) is 6.13. The minimum absolute atomic E-state index is 0.00150. The average Bonchev–Trinajstić information content (AvgIpc) is 2.76. The van der Waals surface area contributed by atoms with Crippen molar-refractivity contribution in [2.45, 2.75) is 185 Å². The first-order valence-corrected chi connectivity index (χ1v) is 30.3. The number of fused-ring (bicyclic) bond motifs is 1. The van der Waals surface area contributed by atoms with E-state index in [1.807, 2.05) is 38.1 Å². The lowest BCUT2D eigenvalue weighted by molar-refractivity contribution is -0.142. The number of aromatic hydroxyl groups is 1. The number of aliphatic hydroxyl groups excluding tert-OH is 2. The minimum atomic E-state index is -1.68. The molecular formula is C62H90N12O14. The van der Waals surface area contributed by atoms with Gasteiger partial charge in [-0.1, -0.05) is 76.3 Å². The predicted octanol–water partition coefficient (Wildman–Crippen LogP) is 0.637. The number of amides is 8. The number of nitrogens with one attached hydrogen (secondary N) is 7. The summed E-state index contributed by atoms with van der Waals surface area (Å²) < 4.78 is 0. The van der Waals surface area contributed by atoms with Gasteiger partial charge >= 0.3 is 0 Å². The zero-order valence-electron chi connectivity index (χ0n) is 51.0.